The Morgan fingerprint density at radius 1 is 1.15 bits per heavy atom. The van der Waals surface area contributed by atoms with Crippen LogP contribution >= 0.6 is 11.6 Å². The number of anilines is 1. The van der Waals surface area contributed by atoms with Crippen molar-refractivity contribution in [1.29, 1.82) is 0 Å². The van der Waals surface area contributed by atoms with Gasteiger partial charge in [-0.3, -0.25) is 9.59 Å². The third kappa shape index (κ3) is 3.68. The topological polar surface area (TPSA) is 84.0 Å². The quantitative estimate of drug-likeness (QED) is 0.724. The van der Waals surface area contributed by atoms with E-state index in [1.54, 1.807) is 6.07 Å². The van der Waals surface area contributed by atoms with Crippen LogP contribution in [0.5, 0.6) is 0 Å². The Labute approximate surface area is 158 Å². The zero-order valence-electron chi connectivity index (χ0n) is 14.5. The van der Waals surface area contributed by atoms with Gasteiger partial charge in [0.1, 0.15) is 11.4 Å². The summed E-state index contributed by atoms with van der Waals surface area (Å²) in [6.45, 7) is 3.75. The Kier molecular flexibility index (Phi) is 4.96. The summed E-state index contributed by atoms with van der Waals surface area (Å²) < 4.78 is 14.1. The van der Waals surface area contributed by atoms with Crippen LogP contribution in [-0.2, 0) is 0 Å². The highest BCUT2D eigenvalue weighted by Crippen LogP contribution is 2.18. The third-order valence-electron chi connectivity index (χ3n) is 4.01. The van der Waals surface area contributed by atoms with Crippen LogP contribution in [0.1, 0.15) is 21.5 Å². The standard InChI is InChI=1S/C19H15ClFN3O3/c1-10-3-6-16(11(2)7-10)23-17(25)13-9-22-19(27)24(18(13)26)12-4-5-15(21)14(20)8-12/h3-9H,1-2H3,(H,22,27)(H,23,25). The van der Waals surface area contributed by atoms with Gasteiger partial charge in [-0.15, -0.1) is 0 Å². The van der Waals surface area contributed by atoms with Crippen molar-refractivity contribution in [3.05, 3.63) is 91.0 Å². The SMILES string of the molecule is Cc1ccc(NC(=O)c2c[nH]c(=O)n(-c3ccc(F)c(Cl)c3)c2=O)c(C)c1. The van der Waals surface area contributed by atoms with Crippen molar-refractivity contribution in [1.82, 2.24) is 9.55 Å². The molecule has 0 fully saturated rings. The maximum Gasteiger partial charge on any atom is 0.333 e. The molecule has 1 heterocycles. The van der Waals surface area contributed by atoms with Gasteiger partial charge in [-0.25, -0.2) is 13.8 Å². The highest BCUT2D eigenvalue weighted by Gasteiger charge is 2.17. The van der Waals surface area contributed by atoms with Gasteiger partial charge >= 0.3 is 5.69 Å². The second-order valence-electron chi connectivity index (χ2n) is 6.02. The van der Waals surface area contributed by atoms with Gasteiger partial charge in [0.2, 0.25) is 0 Å². The van der Waals surface area contributed by atoms with E-state index < -0.39 is 23.0 Å². The molecular weight excluding hydrogens is 373 g/mol. The number of H-pyrrole nitrogens is 1. The van der Waals surface area contributed by atoms with Crippen LogP contribution < -0.4 is 16.6 Å². The number of aromatic amines is 1. The van der Waals surface area contributed by atoms with Crippen LogP contribution in [-0.4, -0.2) is 15.5 Å². The van der Waals surface area contributed by atoms with Gasteiger partial charge in [-0.1, -0.05) is 29.3 Å². The van der Waals surface area contributed by atoms with Gasteiger partial charge in [0.25, 0.3) is 11.5 Å². The van der Waals surface area contributed by atoms with E-state index in [-0.39, 0.29) is 16.3 Å². The lowest BCUT2D eigenvalue weighted by Crippen LogP contribution is -2.38. The zero-order valence-corrected chi connectivity index (χ0v) is 15.2. The minimum absolute atomic E-state index is 0.0498. The lowest BCUT2D eigenvalue weighted by atomic mass is 10.1. The van der Waals surface area contributed by atoms with Crippen molar-refractivity contribution in [2.24, 2.45) is 0 Å². The molecule has 0 bridgehead atoms. The Morgan fingerprint density at radius 2 is 1.89 bits per heavy atom. The summed E-state index contributed by atoms with van der Waals surface area (Å²) in [5.41, 5.74) is 0.578. The number of carbonyl (C=O) groups excluding carboxylic acids is 1. The van der Waals surface area contributed by atoms with Gasteiger partial charge in [-0.2, -0.15) is 0 Å². The molecule has 6 nitrogen and oxygen atoms in total. The van der Waals surface area contributed by atoms with Gasteiger partial charge in [-0.05, 0) is 43.7 Å². The average molecular weight is 388 g/mol. The molecule has 2 N–H and O–H groups in total. The number of halogens is 2. The maximum atomic E-state index is 13.4. The Hall–Kier alpha value is -3.19. The van der Waals surface area contributed by atoms with Crippen LogP contribution in [0.4, 0.5) is 10.1 Å². The van der Waals surface area contributed by atoms with Gasteiger partial charge < -0.3 is 10.3 Å². The van der Waals surface area contributed by atoms with E-state index in [9.17, 15) is 18.8 Å². The summed E-state index contributed by atoms with van der Waals surface area (Å²) in [4.78, 5) is 39.7. The predicted octanol–water partition coefficient (Wildman–Crippen LogP) is 3.19. The van der Waals surface area contributed by atoms with Crippen LogP contribution in [0.2, 0.25) is 5.02 Å². The van der Waals surface area contributed by atoms with Crippen molar-refractivity contribution in [3.8, 4) is 5.69 Å². The number of carbonyl (C=O) groups is 1. The molecule has 0 radical (unpaired) electrons. The molecule has 2 aromatic carbocycles. The molecule has 1 amide bonds. The first-order valence-electron chi connectivity index (χ1n) is 7.96. The molecule has 8 heteroatoms. The number of nitrogens with one attached hydrogen (secondary N) is 2. The van der Waals surface area contributed by atoms with Crippen molar-refractivity contribution in [2.75, 3.05) is 5.32 Å². The zero-order chi connectivity index (χ0) is 19.7. The predicted molar refractivity (Wildman–Crippen MR) is 101 cm³/mol. The first-order valence-corrected chi connectivity index (χ1v) is 8.34. The number of rotatable bonds is 3. The molecule has 0 aliphatic rings. The van der Waals surface area contributed by atoms with E-state index in [1.165, 1.54) is 6.07 Å². The molecule has 3 rings (SSSR count). The molecule has 27 heavy (non-hydrogen) atoms. The number of aryl methyl sites for hydroxylation is 2. The maximum absolute atomic E-state index is 13.4. The van der Waals surface area contributed by atoms with Crippen LogP contribution in [0.15, 0.2) is 52.2 Å². The third-order valence-corrected chi connectivity index (χ3v) is 4.30. The Morgan fingerprint density at radius 3 is 2.56 bits per heavy atom. The van der Waals surface area contributed by atoms with E-state index in [1.807, 2.05) is 26.0 Å². The van der Waals surface area contributed by atoms with Crippen molar-refractivity contribution < 1.29 is 9.18 Å². The fraction of sp³-hybridized carbons (Fsp3) is 0.105. The van der Waals surface area contributed by atoms with Crippen LogP contribution in [0.3, 0.4) is 0 Å². The molecule has 0 unspecified atom stereocenters. The smallest absolute Gasteiger partial charge is 0.322 e. The molecule has 0 aliphatic heterocycles. The van der Waals surface area contributed by atoms with Gasteiger partial charge in [0.05, 0.1) is 10.7 Å². The number of nitrogens with zero attached hydrogens (tertiary/aromatic N) is 1. The minimum atomic E-state index is -0.844. The number of hydrogen-bond acceptors (Lipinski definition) is 3. The number of hydrogen-bond donors (Lipinski definition) is 2. The summed E-state index contributed by atoms with van der Waals surface area (Å²) in [6.07, 6.45) is 1.05. The van der Waals surface area contributed by atoms with Crippen molar-refractivity contribution in [2.45, 2.75) is 13.8 Å². The number of aromatic nitrogens is 2. The van der Waals surface area contributed by atoms with E-state index in [4.69, 9.17) is 11.6 Å². The second kappa shape index (κ2) is 7.20. The van der Waals surface area contributed by atoms with E-state index >= 15 is 0 Å². The molecule has 0 aliphatic carbocycles. The highest BCUT2D eigenvalue weighted by molar-refractivity contribution is 6.30. The largest absolute Gasteiger partial charge is 0.333 e. The lowest BCUT2D eigenvalue weighted by molar-refractivity contribution is 0.102. The molecule has 138 valence electrons. The summed E-state index contributed by atoms with van der Waals surface area (Å²) in [7, 11) is 0. The molecule has 1 aromatic heterocycles. The minimum Gasteiger partial charge on any atom is -0.322 e. The Balaban J connectivity index is 2.04. The first kappa shape index (κ1) is 18.6. The normalized spacial score (nSPS) is 10.7. The van der Waals surface area contributed by atoms with Crippen molar-refractivity contribution in [3.63, 3.8) is 0 Å². The van der Waals surface area contributed by atoms with Crippen LogP contribution in [0, 0.1) is 19.7 Å². The fourth-order valence-electron chi connectivity index (χ4n) is 2.64. The first-order chi connectivity index (χ1) is 12.8. The Bertz CT molecular complexity index is 1170. The number of amides is 1. The molecule has 0 atom stereocenters. The molecular formula is C19H15ClFN3O3. The van der Waals surface area contributed by atoms with Crippen LogP contribution in [0.25, 0.3) is 5.69 Å². The highest BCUT2D eigenvalue weighted by atomic mass is 35.5. The average Bonchev–Trinajstić information content (AvgIpc) is 2.60. The molecule has 3 aromatic rings. The summed E-state index contributed by atoms with van der Waals surface area (Å²) >= 11 is 5.73. The molecule has 0 saturated carbocycles. The number of benzene rings is 2. The van der Waals surface area contributed by atoms with E-state index in [0.717, 1.165) is 34.0 Å². The van der Waals surface area contributed by atoms with Gasteiger partial charge in [0.15, 0.2) is 0 Å². The summed E-state index contributed by atoms with van der Waals surface area (Å²) in [6, 6.07) is 8.84. The lowest BCUT2D eigenvalue weighted by Gasteiger charge is -2.10. The summed E-state index contributed by atoms with van der Waals surface area (Å²) in [5, 5.41) is 2.41. The molecule has 0 spiro atoms. The second-order valence-corrected chi connectivity index (χ2v) is 6.43. The molecule has 0 saturated heterocycles. The van der Waals surface area contributed by atoms with E-state index in [2.05, 4.69) is 10.3 Å². The monoisotopic (exact) mass is 387 g/mol. The fourth-order valence-corrected chi connectivity index (χ4v) is 2.81. The van der Waals surface area contributed by atoms with E-state index in [0.29, 0.717) is 5.69 Å². The summed E-state index contributed by atoms with van der Waals surface area (Å²) in [5.74, 6) is -1.36. The van der Waals surface area contributed by atoms with Gasteiger partial charge in [0, 0.05) is 11.9 Å². The van der Waals surface area contributed by atoms with Crippen molar-refractivity contribution >= 4 is 23.2 Å².